The van der Waals surface area contributed by atoms with Gasteiger partial charge in [0.05, 0.1) is 5.92 Å². The van der Waals surface area contributed by atoms with E-state index in [1.165, 1.54) is 0 Å². The van der Waals surface area contributed by atoms with Crippen LogP contribution in [0.3, 0.4) is 0 Å². The number of carbonyl (C=O) groups excluding carboxylic acids is 1. The fourth-order valence-corrected chi connectivity index (χ4v) is 1.99. The second-order valence-electron chi connectivity index (χ2n) is 3.73. The van der Waals surface area contributed by atoms with Crippen LogP contribution in [0.25, 0.3) is 0 Å². The molecule has 0 bridgehead atoms. The summed E-state index contributed by atoms with van der Waals surface area (Å²) >= 11 is 1.67. The molecule has 0 aliphatic rings. The lowest BCUT2D eigenvalue weighted by Gasteiger charge is -2.18. The summed E-state index contributed by atoms with van der Waals surface area (Å²) in [6, 6.07) is 0.0911. The molecule has 94 valence electrons. The first-order valence-electron chi connectivity index (χ1n) is 5.33. The highest BCUT2D eigenvalue weighted by atomic mass is 32.2. The van der Waals surface area contributed by atoms with Crippen molar-refractivity contribution in [3.8, 4) is 0 Å². The number of amidine groups is 1. The maximum Gasteiger partial charge on any atom is 0.231 e. The van der Waals surface area contributed by atoms with Gasteiger partial charge in [0.1, 0.15) is 0 Å². The van der Waals surface area contributed by atoms with E-state index in [1.54, 1.807) is 11.8 Å². The topological polar surface area (TPSA) is 87.7 Å². The lowest BCUT2D eigenvalue weighted by Crippen LogP contribution is -2.43. The summed E-state index contributed by atoms with van der Waals surface area (Å²) in [7, 11) is 0. The van der Waals surface area contributed by atoms with E-state index >= 15 is 0 Å². The van der Waals surface area contributed by atoms with Crippen LogP contribution in [-0.2, 0) is 4.79 Å². The van der Waals surface area contributed by atoms with Crippen molar-refractivity contribution in [1.29, 1.82) is 0 Å². The van der Waals surface area contributed by atoms with Gasteiger partial charge in [0.15, 0.2) is 5.84 Å². The van der Waals surface area contributed by atoms with Gasteiger partial charge in [0.25, 0.3) is 0 Å². The fourth-order valence-electron chi connectivity index (χ4n) is 1.41. The number of hydrogen-bond acceptors (Lipinski definition) is 4. The molecule has 0 heterocycles. The van der Waals surface area contributed by atoms with Crippen molar-refractivity contribution in [2.24, 2.45) is 16.8 Å². The summed E-state index contributed by atoms with van der Waals surface area (Å²) in [6.45, 7) is 3.89. The van der Waals surface area contributed by atoms with Crippen molar-refractivity contribution < 1.29 is 10.0 Å². The van der Waals surface area contributed by atoms with E-state index in [0.29, 0.717) is 6.42 Å². The maximum atomic E-state index is 11.8. The molecule has 4 N–H and O–H groups in total. The lowest BCUT2D eigenvalue weighted by atomic mass is 10.0. The molecule has 0 spiro atoms. The van der Waals surface area contributed by atoms with E-state index in [2.05, 4.69) is 10.5 Å². The first kappa shape index (κ1) is 15.1. The van der Waals surface area contributed by atoms with E-state index in [0.717, 1.165) is 12.2 Å². The molecule has 1 amide bonds. The van der Waals surface area contributed by atoms with Crippen LogP contribution < -0.4 is 11.1 Å². The Kier molecular flexibility index (Phi) is 7.80. The van der Waals surface area contributed by atoms with Crippen LogP contribution in [0.2, 0.25) is 0 Å². The number of hydrogen-bond donors (Lipinski definition) is 3. The molecule has 6 heteroatoms. The van der Waals surface area contributed by atoms with Gasteiger partial charge in [-0.1, -0.05) is 18.5 Å². The molecule has 2 unspecified atom stereocenters. The minimum absolute atomic E-state index is 0.0179. The third-order valence-corrected chi connectivity index (χ3v) is 3.00. The van der Waals surface area contributed by atoms with Gasteiger partial charge < -0.3 is 16.3 Å². The quantitative estimate of drug-likeness (QED) is 0.271. The first-order valence-corrected chi connectivity index (χ1v) is 6.72. The molecule has 0 aromatic rings. The van der Waals surface area contributed by atoms with Crippen molar-refractivity contribution in [3.63, 3.8) is 0 Å². The van der Waals surface area contributed by atoms with Gasteiger partial charge in [0.2, 0.25) is 5.91 Å². The molecule has 0 saturated heterocycles. The Hall–Kier alpha value is -0.910. The van der Waals surface area contributed by atoms with Gasteiger partial charge in [-0.3, -0.25) is 4.79 Å². The number of amides is 1. The average Bonchev–Trinajstić information content (AvgIpc) is 2.24. The molecule has 0 aromatic carbocycles. The maximum absolute atomic E-state index is 11.8. The van der Waals surface area contributed by atoms with Crippen molar-refractivity contribution in [1.82, 2.24) is 5.32 Å². The minimum atomic E-state index is -0.528. The first-order chi connectivity index (χ1) is 7.56. The summed E-state index contributed by atoms with van der Waals surface area (Å²) in [5.74, 6) is 0.134. The molecule has 0 fully saturated rings. The molecule has 2 atom stereocenters. The Morgan fingerprint density at radius 2 is 2.25 bits per heavy atom. The van der Waals surface area contributed by atoms with Crippen molar-refractivity contribution in [2.75, 3.05) is 12.0 Å². The fraction of sp³-hybridized carbons (Fsp3) is 0.800. The van der Waals surface area contributed by atoms with Gasteiger partial charge in [-0.05, 0) is 19.6 Å². The Bertz CT molecular complexity index is 246. The number of nitrogens with one attached hydrogen (secondary N) is 1. The zero-order valence-corrected chi connectivity index (χ0v) is 10.9. The second kappa shape index (κ2) is 8.27. The highest BCUT2D eigenvalue weighted by Crippen LogP contribution is 2.08. The van der Waals surface area contributed by atoms with Gasteiger partial charge in [-0.2, -0.15) is 11.8 Å². The molecular weight excluding hydrogens is 226 g/mol. The van der Waals surface area contributed by atoms with Crippen LogP contribution >= 0.6 is 11.8 Å². The predicted octanol–water partition coefficient (Wildman–Crippen LogP) is 1.02. The molecule has 0 radical (unpaired) electrons. The van der Waals surface area contributed by atoms with Crippen LogP contribution in [0.4, 0.5) is 0 Å². The van der Waals surface area contributed by atoms with Gasteiger partial charge in [-0.15, -0.1) is 0 Å². The highest BCUT2D eigenvalue weighted by Gasteiger charge is 2.23. The number of oxime groups is 1. The molecule has 0 aliphatic carbocycles. The number of nitrogens with two attached hydrogens (primary N) is 1. The van der Waals surface area contributed by atoms with E-state index in [9.17, 15) is 4.79 Å². The molecular formula is C10H21N3O2S. The summed E-state index contributed by atoms with van der Waals surface area (Å²) in [5, 5.41) is 14.4. The number of thioether (sulfide) groups is 1. The van der Waals surface area contributed by atoms with Crippen LogP contribution in [0.5, 0.6) is 0 Å². The van der Waals surface area contributed by atoms with E-state index in [4.69, 9.17) is 10.9 Å². The zero-order valence-electron chi connectivity index (χ0n) is 10.1. The van der Waals surface area contributed by atoms with E-state index in [-0.39, 0.29) is 17.8 Å². The standard InChI is InChI=1S/C10H21N3O2S/c1-4-5-8(9(11)13-15)10(14)12-7(2)6-16-3/h7-8,15H,4-6H2,1-3H3,(H2,11,13)(H,12,14). The number of rotatable bonds is 7. The van der Waals surface area contributed by atoms with Crippen LogP contribution in [0, 0.1) is 5.92 Å². The molecule has 16 heavy (non-hydrogen) atoms. The number of nitrogens with zero attached hydrogens (tertiary/aromatic N) is 1. The van der Waals surface area contributed by atoms with Crippen molar-refractivity contribution in [2.45, 2.75) is 32.7 Å². The Labute approximate surface area is 101 Å². The molecule has 0 saturated carbocycles. The van der Waals surface area contributed by atoms with Gasteiger partial charge >= 0.3 is 0 Å². The normalized spacial score (nSPS) is 15.6. The van der Waals surface area contributed by atoms with E-state index < -0.39 is 5.92 Å². The molecule has 5 nitrogen and oxygen atoms in total. The summed E-state index contributed by atoms with van der Waals surface area (Å²) < 4.78 is 0. The number of carbonyl (C=O) groups is 1. The summed E-state index contributed by atoms with van der Waals surface area (Å²) in [5.41, 5.74) is 5.49. The second-order valence-corrected chi connectivity index (χ2v) is 4.64. The summed E-state index contributed by atoms with van der Waals surface area (Å²) in [4.78, 5) is 11.8. The van der Waals surface area contributed by atoms with Crippen LogP contribution in [-0.4, -0.2) is 35.0 Å². The Balaban J connectivity index is 4.38. The third-order valence-electron chi connectivity index (χ3n) is 2.17. The van der Waals surface area contributed by atoms with Gasteiger partial charge in [0, 0.05) is 11.8 Å². The van der Waals surface area contributed by atoms with Crippen molar-refractivity contribution >= 4 is 23.5 Å². The van der Waals surface area contributed by atoms with Crippen LogP contribution in [0.15, 0.2) is 5.16 Å². The van der Waals surface area contributed by atoms with Crippen molar-refractivity contribution in [3.05, 3.63) is 0 Å². The Morgan fingerprint density at radius 1 is 1.62 bits per heavy atom. The molecule has 0 aromatic heterocycles. The highest BCUT2D eigenvalue weighted by molar-refractivity contribution is 7.98. The van der Waals surface area contributed by atoms with Crippen LogP contribution in [0.1, 0.15) is 26.7 Å². The largest absolute Gasteiger partial charge is 0.409 e. The van der Waals surface area contributed by atoms with E-state index in [1.807, 2.05) is 20.1 Å². The zero-order chi connectivity index (χ0) is 12.6. The predicted molar refractivity (Wildman–Crippen MR) is 67.8 cm³/mol. The Morgan fingerprint density at radius 3 is 2.69 bits per heavy atom. The monoisotopic (exact) mass is 247 g/mol. The molecule has 0 rings (SSSR count). The SMILES string of the molecule is CCCC(C(=O)NC(C)CSC)C(N)=NO. The lowest BCUT2D eigenvalue weighted by molar-refractivity contribution is -0.123. The third kappa shape index (κ3) is 5.25. The van der Waals surface area contributed by atoms with Gasteiger partial charge in [-0.25, -0.2) is 0 Å². The average molecular weight is 247 g/mol. The summed E-state index contributed by atoms with van der Waals surface area (Å²) in [6.07, 6.45) is 3.38. The minimum Gasteiger partial charge on any atom is -0.409 e. The molecule has 0 aliphatic heterocycles. The smallest absolute Gasteiger partial charge is 0.231 e.